The Kier molecular flexibility index (Phi) is 10.7. The lowest BCUT2D eigenvalue weighted by atomic mass is 9.67. The molecule has 6 rings (SSSR count). The summed E-state index contributed by atoms with van der Waals surface area (Å²) in [6.45, 7) is 4.15. The lowest BCUT2D eigenvalue weighted by Crippen LogP contribution is -2.56. The van der Waals surface area contributed by atoms with Gasteiger partial charge in [0.2, 0.25) is 0 Å². The van der Waals surface area contributed by atoms with Crippen LogP contribution in [0.1, 0.15) is 34.2 Å². The highest BCUT2D eigenvalue weighted by Crippen LogP contribution is 2.51. The molecule has 0 amide bonds. The van der Waals surface area contributed by atoms with Crippen molar-refractivity contribution in [3.63, 3.8) is 0 Å². The first-order chi connectivity index (χ1) is 23.6. The number of ether oxygens (including phenoxy) is 2. The maximum Gasteiger partial charge on any atom is 0.467 e. The third kappa shape index (κ3) is 6.30. The van der Waals surface area contributed by atoms with Crippen molar-refractivity contribution in [1.29, 1.82) is 0 Å². The molecular formula is C42H43BO5. The van der Waals surface area contributed by atoms with Gasteiger partial charge < -0.3 is 23.9 Å². The second-order valence-electron chi connectivity index (χ2n) is 12.2. The first-order valence-electron chi connectivity index (χ1n) is 16.6. The molecule has 244 valence electrons. The number of rotatable bonds is 14. The van der Waals surface area contributed by atoms with Gasteiger partial charge in [-0.3, -0.25) is 0 Å². The van der Waals surface area contributed by atoms with Crippen LogP contribution in [0.5, 0.6) is 0 Å². The highest BCUT2D eigenvalue weighted by molar-refractivity contribution is 6.48. The van der Waals surface area contributed by atoms with Crippen molar-refractivity contribution in [1.82, 2.24) is 0 Å². The molecule has 48 heavy (non-hydrogen) atoms. The van der Waals surface area contributed by atoms with Crippen LogP contribution in [-0.4, -0.2) is 44.8 Å². The van der Waals surface area contributed by atoms with Crippen LogP contribution in [0, 0.1) is 0 Å². The Morgan fingerprint density at radius 3 is 1.27 bits per heavy atom. The average Bonchev–Trinajstić information content (AvgIpc) is 3.59. The third-order valence-electron chi connectivity index (χ3n) is 9.69. The molecule has 4 atom stereocenters. The Hall–Kier alpha value is -4.30. The summed E-state index contributed by atoms with van der Waals surface area (Å²) < 4.78 is 27.7. The van der Waals surface area contributed by atoms with Gasteiger partial charge in [-0.05, 0) is 40.7 Å². The minimum Gasteiger partial charge on any atom is -0.401 e. The summed E-state index contributed by atoms with van der Waals surface area (Å²) in [6, 6.07) is 50.7. The molecule has 0 spiro atoms. The predicted molar refractivity (Wildman–Crippen MR) is 192 cm³/mol. The van der Waals surface area contributed by atoms with Gasteiger partial charge in [-0.15, -0.1) is 6.58 Å². The average molecular weight is 639 g/mol. The van der Waals surface area contributed by atoms with Crippen LogP contribution in [0.2, 0.25) is 5.82 Å². The molecule has 1 aliphatic heterocycles. The molecule has 1 fully saturated rings. The van der Waals surface area contributed by atoms with E-state index in [1.807, 2.05) is 91.0 Å². The van der Waals surface area contributed by atoms with Crippen molar-refractivity contribution < 1.29 is 23.9 Å². The number of hydrogen-bond donors (Lipinski definition) is 1. The van der Waals surface area contributed by atoms with Gasteiger partial charge in [-0.1, -0.05) is 158 Å². The van der Waals surface area contributed by atoms with Crippen molar-refractivity contribution in [2.24, 2.45) is 0 Å². The van der Waals surface area contributed by atoms with Crippen LogP contribution in [-0.2, 0) is 36.4 Å². The van der Waals surface area contributed by atoms with Gasteiger partial charge in [-0.2, -0.15) is 0 Å². The molecule has 6 heteroatoms. The smallest absolute Gasteiger partial charge is 0.401 e. The summed E-state index contributed by atoms with van der Waals surface area (Å²) in [4.78, 5) is 0. The summed E-state index contributed by atoms with van der Waals surface area (Å²) in [6.07, 6.45) is 0.695. The SMILES string of the molecule is C=C[C@@H](B1O[C@@H](C(OC)(c2ccccc2)c2ccccc2)[C@H](C(OC)(c2ccccc2)c2ccccc2)O1)[C@@H](O)CCc1ccccc1. The zero-order chi connectivity index (χ0) is 33.4. The van der Waals surface area contributed by atoms with E-state index >= 15 is 0 Å². The monoisotopic (exact) mass is 638 g/mol. The van der Waals surface area contributed by atoms with Crippen molar-refractivity contribution in [3.05, 3.63) is 192 Å². The number of hydrogen-bond acceptors (Lipinski definition) is 5. The lowest BCUT2D eigenvalue weighted by molar-refractivity contribution is -0.136. The van der Waals surface area contributed by atoms with E-state index in [4.69, 9.17) is 18.8 Å². The van der Waals surface area contributed by atoms with Crippen molar-refractivity contribution in [3.8, 4) is 0 Å². The van der Waals surface area contributed by atoms with Gasteiger partial charge >= 0.3 is 7.12 Å². The molecule has 5 nitrogen and oxygen atoms in total. The molecule has 1 N–H and O–H groups in total. The minimum absolute atomic E-state index is 0.513. The zero-order valence-electron chi connectivity index (χ0n) is 27.6. The Labute approximate surface area is 284 Å². The van der Waals surface area contributed by atoms with Crippen LogP contribution in [0.25, 0.3) is 0 Å². The van der Waals surface area contributed by atoms with Crippen LogP contribution in [0.15, 0.2) is 164 Å². The normalized spacial score (nSPS) is 17.9. The summed E-state index contributed by atoms with van der Waals surface area (Å²) in [7, 11) is 2.58. The van der Waals surface area contributed by atoms with Gasteiger partial charge in [0.25, 0.3) is 0 Å². The zero-order valence-corrected chi connectivity index (χ0v) is 27.6. The van der Waals surface area contributed by atoms with E-state index in [9.17, 15) is 5.11 Å². The van der Waals surface area contributed by atoms with E-state index in [0.29, 0.717) is 12.8 Å². The second-order valence-corrected chi connectivity index (χ2v) is 12.2. The molecule has 0 radical (unpaired) electrons. The summed E-state index contributed by atoms with van der Waals surface area (Å²) in [5, 5.41) is 11.7. The van der Waals surface area contributed by atoms with Gasteiger partial charge in [0.15, 0.2) is 0 Å². The Bertz CT molecular complexity index is 1520. The van der Waals surface area contributed by atoms with Gasteiger partial charge in [0.1, 0.15) is 23.4 Å². The minimum atomic E-state index is -1.13. The molecule has 1 aliphatic rings. The fourth-order valence-corrected chi connectivity index (χ4v) is 7.30. The number of methoxy groups -OCH3 is 2. The molecule has 0 bridgehead atoms. The fourth-order valence-electron chi connectivity index (χ4n) is 7.30. The fraction of sp³-hybridized carbons (Fsp3) is 0.238. The van der Waals surface area contributed by atoms with E-state index < -0.39 is 42.4 Å². The topological polar surface area (TPSA) is 57.2 Å². The maximum atomic E-state index is 11.7. The molecule has 0 aromatic heterocycles. The van der Waals surface area contributed by atoms with Crippen LogP contribution >= 0.6 is 0 Å². The summed E-state index contributed by atoms with van der Waals surface area (Å²) >= 11 is 0. The molecule has 0 unspecified atom stereocenters. The molecule has 1 heterocycles. The van der Waals surface area contributed by atoms with Crippen LogP contribution < -0.4 is 0 Å². The standard InChI is InChI=1S/C42H43BO5/c1-4-37(38(44)31-30-32-20-10-5-11-21-32)43-47-39(41(45-2,33-22-12-6-13-23-33)34-24-14-7-15-25-34)40(48-43)42(46-3,35-26-16-8-17-27-35)36-28-18-9-19-29-36/h4-29,37-40,44H,1,30-31H2,2-3H3/t37-,38+,39-,40-/m1/s1. The molecule has 5 aromatic rings. The van der Waals surface area contributed by atoms with E-state index in [0.717, 1.165) is 27.8 Å². The van der Waals surface area contributed by atoms with E-state index in [2.05, 4.69) is 67.2 Å². The second kappa shape index (κ2) is 15.3. The number of aliphatic hydroxyl groups excluding tert-OH is 1. The molecule has 0 aliphatic carbocycles. The Morgan fingerprint density at radius 1 is 0.625 bits per heavy atom. The Morgan fingerprint density at radius 2 is 0.958 bits per heavy atom. The van der Waals surface area contributed by atoms with Crippen molar-refractivity contribution in [2.45, 2.75) is 48.2 Å². The van der Waals surface area contributed by atoms with Crippen molar-refractivity contribution >= 4 is 7.12 Å². The van der Waals surface area contributed by atoms with Gasteiger partial charge in [-0.25, -0.2) is 0 Å². The van der Waals surface area contributed by atoms with Gasteiger partial charge in [0, 0.05) is 20.0 Å². The predicted octanol–water partition coefficient (Wildman–Crippen LogP) is 7.99. The van der Waals surface area contributed by atoms with E-state index in [-0.39, 0.29) is 0 Å². The number of benzene rings is 5. The summed E-state index contributed by atoms with van der Waals surface area (Å²) in [5.41, 5.74) is 2.52. The highest BCUT2D eigenvalue weighted by atomic mass is 16.7. The lowest BCUT2D eigenvalue weighted by Gasteiger charge is -2.47. The van der Waals surface area contributed by atoms with E-state index in [1.165, 1.54) is 0 Å². The molecular weight excluding hydrogens is 595 g/mol. The quantitative estimate of drug-likeness (QED) is 0.0988. The Balaban J connectivity index is 1.53. The summed E-state index contributed by atoms with van der Waals surface area (Å²) in [5.74, 6) is -0.539. The largest absolute Gasteiger partial charge is 0.467 e. The van der Waals surface area contributed by atoms with Crippen molar-refractivity contribution in [2.75, 3.05) is 14.2 Å². The first kappa shape index (κ1) is 33.6. The first-order valence-corrected chi connectivity index (χ1v) is 16.6. The maximum absolute atomic E-state index is 11.7. The highest BCUT2D eigenvalue weighted by Gasteiger charge is 2.63. The molecule has 0 saturated carbocycles. The third-order valence-corrected chi connectivity index (χ3v) is 9.69. The molecule has 1 saturated heterocycles. The van der Waals surface area contributed by atoms with Crippen LogP contribution in [0.3, 0.4) is 0 Å². The van der Waals surface area contributed by atoms with E-state index in [1.54, 1.807) is 20.3 Å². The van der Waals surface area contributed by atoms with Gasteiger partial charge in [0.05, 0.1) is 6.10 Å². The number of aliphatic hydroxyl groups is 1. The van der Waals surface area contributed by atoms with Crippen LogP contribution in [0.4, 0.5) is 0 Å². The molecule has 5 aromatic carbocycles. The number of aryl methyl sites for hydroxylation is 1.